The van der Waals surface area contributed by atoms with Crippen molar-refractivity contribution in [2.75, 3.05) is 0 Å². The number of carbonyl (C=O) groups is 2. The van der Waals surface area contributed by atoms with E-state index < -0.39 is 11.5 Å². The van der Waals surface area contributed by atoms with E-state index in [4.69, 9.17) is 5.73 Å². The first-order valence-corrected chi connectivity index (χ1v) is 9.95. The number of aryl methyl sites for hydroxylation is 2. The number of hydrogen-bond donors (Lipinski definition) is 3. The summed E-state index contributed by atoms with van der Waals surface area (Å²) in [6.07, 6.45) is 2.08. The van der Waals surface area contributed by atoms with Gasteiger partial charge in [0.2, 0.25) is 0 Å². The van der Waals surface area contributed by atoms with Gasteiger partial charge >= 0.3 is 0 Å². The van der Waals surface area contributed by atoms with Crippen LogP contribution in [-0.2, 0) is 6.42 Å². The van der Waals surface area contributed by atoms with Crippen LogP contribution >= 0.6 is 0 Å². The maximum atomic E-state index is 13.3. The first kappa shape index (κ1) is 20.5. The highest BCUT2D eigenvalue weighted by molar-refractivity contribution is 5.97. The summed E-state index contributed by atoms with van der Waals surface area (Å²) in [7, 11) is 0. The fourth-order valence-electron chi connectivity index (χ4n) is 4.11. The molecule has 4 N–H and O–H groups in total. The number of H-pyrrole nitrogens is 1. The smallest absolute Gasteiger partial charge is 0.261 e. The molecule has 0 fully saturated rings. The molecule has 0 aliphatic heterocycles. The number of carbonyl (C=O) groups excluding carboxylic acids is 2. The minimum Gasteiger partial charge on any atom is -0.365 e. The van der Waals surface area contributed by atoms with E-state index in [1.54, 1.807) is 30.7 Å². The van der Waals surface area contributed by atoms with Gasteiger partial charge in [-0.1, -0.05) is 0 Å². The number of amides is 2. The number of hydrogen-bond acceptors (Lipinski definition) is 4. The van der Waals surface area contributed by atoms with E-state index in [1.807, 2.05) is 0 Å². The van der Waals surface area contributed by atoms with E-state index in [9.17, 15) is 18.8 Å². The Balaban J connectivity index is 1.66. The number of aromatic nitrogens is 3. The third kappa shape index (κ3) is 3.74. The van der Waals surface area contributed by atoms with Crippen molar-refractivity contribution < 1.29 is 14.0 Å². The quantitative estimate of drug-likeness (QED) is 0.595. The fraction of sp³-hybridized carbons (Fsp3) is 0.273. The van der Waals surface area contributed by atoms with Crippen LogP contribution in [0.3, 0.4) is 0 Å². The van der Waals surface area contributed by atoms with Gasteiger partial charge in [-0.25, -0.2) is 9.07 Å². The normalized spacial score (nSPS) is 15.4. The number of nitrogens with two attached hydrogens (primary N) is 1. The van der Waals surface area contributed by atoms with Crippen LogP contribution < -0.4 is 16.6 Å². The van der Waals surface area contributed by atoms with Gasteiger partial charge in [-0.05, 0) is 69.0 Å². The van der Waals surface area contributed by atoms with Crippen molar-refractivity contribution >= 4 is 11.8 Å². The molecule has 2 aromatic heterocycles. The molecule has 1 atom stereocenters. The summed E-state index contributed by atoms with van der Waals surface area (Å²) in [6.45, 7) is 3.51. The standard InChI is InChI=1S/C22H22FN5O3/c1-11-19(12(2)28(27-11)14-8-6-13(23)7-9-14)22(31)26-18-5-3-4-17-15(18)10-16(20(24)29)21(30)25-17/h6-10,18H,3-5H2,1-2H3,(H2,24,29)(H,25,30)(H,26,31). The average Bonchev–Trinajstić information content (AvgIpc) is 3.02. The molecule has 2 amide bonds. The minimum absolute atomic E-state index is 0.128. The number of nitrogens with zero attached hydrogens (tertiary/aromatic N) is 2. The van der Waals surface area contributed by atoms with Crippen molar-refractivity contribution in [3.63, 3.8) is 0 Å². The van der Waals surface area contributed by atoms with Crippen LogP contribution in [0.5, 0.6) is 0 Å². The summed E-state index contributed by atoms with van der Waals surface area (Å²) < 4.78 is 14.9. The molecule has 160 valence electrons. The highest BCUT2D eigenvalue weighted by atomic mass is 19.1. The molecule has 0 saturated heterocycles. The number of pyridine rings is 1. The highest BCUT2D eigenvalue weighted by Gasteiger charge is 2.27. The average molecular weight is 423 g/mol. The summed E-state index contributed by atoms with van der Waals surface area (Å²) in [4.78, 5) is 39.5. The van der Waals surface area contributed by atoms with Gasteiger partial charge in [0.05, 0.1) is 28.7 Å². The van der Waals surface area contributed by atoms with E-state index in [0.29, 0.717) is 46.7 Å². The van der Waals surface area contributed by atoms with E-state index >= 15 is 0 Å². The Kier molecular flexibility index (Phi) is 5.18. The predicted molar refractivity (Wildman–Crippen MR) is 112 cm³/mol. The molecule has 8 nitrogen and oxygen atoms in total. The lowest BCUT2D eigenvalue weighted by molar-refractivity contribution is 0.0931. The molecule has 4 rings (SSSR count). The second kappa shape index (κ2) is 7.82. The Morgan fingerprint density at radius 3 is 2.65 bits per heavy atom. The zero-order valence-corrected chi connectivity index (χ0v) is 17.2. The van der Waals surface area contributed by atoms with E-state index in [1.165, 1.54) is 18.2 Å². The number of fused-ring (bicyclic) bond motifs is 1. The number of halogens is 1. The van der Waals surface area contributed by atoms with Crippen molar-refractivity contribution in [1.82, 2.24) is 20.1 Å². The third-order valence-electron chi connectivity index (χ3n) is 5.61. The Bertz CT molecular complexity index is 1240. The van der Waals surface area contributed by atoms with Crippen molar-refractivity contribution in [2.24, 2.45) is 5.73 Å². The lowest BCUT2D eigenvalue weighted by Crippen LogP contribution is -2.34. The third-order valence-corrected chi connectivity index (χ3v) is 5.61. The van der Waals surface area contributed by atoms with Gasteiger partial charge < -0.3 is 16.0 Å². The van der Waals surface area contributed by atoms with Gasteiger partial charge in [0.1, 0.15) is 11.4 Å². The molecule has 0 saturated carbocycles. The zero-order chi connectivity index (χ0) is 22.3. The summed E-state index contributed by atoms with van der Waals surface area (Å²) in [6, 6.07) is 6.95. The van der Waals surface area contributed by atoms with Crippen LogP contribution in [0.25, 0.3) is 5.69 Å². The maximum absolute atomic E-state index is 13.3. The predicted octanol–water partition coefficient (Wildman–Crippen LogP) is 2.22. The molecule has 0 bridgehead atoms. The number of aromatic amines is 1. The maximum Gasteiger partial charge on any atom is 0.261 e. The SMILES string of the molecule is Cc1nn(-c2ccc(F)cc2)c(C)c1C(=O)NC1CCCc2[nH]c(=O)c(C(N)=O)cc21. The number of primary amides is 1. The monoisotopic (exact) mass is 423 g/mol. The molecule has 0 spiro atoms. The summed E-state index contributed by atoms with van der Waals surface area (Å²) >= 11 is 0. The molecule has 9 heteroatoms. The van der Waals surface area contributed by atoms with Crippen molar-refractivity contribution in [2.45, 2.75) is 39.2 Å². The van der Waals surface area contributed by atoms with Crippen LogP contribution in [0.4, 0.5) is 4.39 Å². The van der Waals surface area contributed by atoms with Gasteiger partial charge in [-0.3, -0.25) is 14.4 Å². The molecule has 3 aromatic rings. The Hall–Kier alpha value is -3.75. The fourth-order valence-corrected chi connectivity index (χ4v) is 4.11. The Morgan fingerprint density at radius 1 is 1.26 bits per heavy atom. The highest BCUT2D eigenvalue weighted by Crippen LogP contribution is 2.29. The zero-order valence-electron chi connectivity index (χ0n) is 17.2. The van der Waals surface area contributed by atoms with Crippen molar-refractivity contribution in [3.05, 3.63) is 80.3 Å². The Morgan fingerprint density at radius 2 is 1.97 bits per heavy atom. The minimum atomic E-state index is -0.813. The van der Waals surface area contributed by atoms with E-state index in [-0.39, 0.29) is 23.3 Å². The lowest BCUT2D eigenvalue weighted by Gasteiger charge is -2.26. The van der Waals surface area contributed by atoms with Crippen LogP contribution in [0.15, 0.2) is 35.1 Å². The van der Waals surface area contributed by atoms with Crippen molar-refractivity contribution in [1.29, 1.82) is 0 Å². The summed E-state index contributed by atoms with van der Waals surface area (Å²) in [5.41, 5.74) is 8.28. The molecule has 31 heavy (non-hydrogen) atoms. The number of nitrogens with one attached hydrogen (secondary N) is 2. The second-order valence-corrected chi connectivity index (χ2v) is 7.66. The van der Waals surface area contributed by atoms with Gasteiger partial charge in [0.15, 0.2) is 0 Å². The van der Waals surface area contributed by atoms with Gasteiger partial charge in [-0.15, -0.1) is 0 Å². The molecule has 0 radical (unpaired) electrons. The first-order valence-electron chi connectivity index (χ1n) is 9.95. The number of rotatable bonds is 4. The van der Waals surface area contributed by atoms with Crippen LogP contribution in [-0.4, -0.2) is 26.6 Å². The largest absolute Gasteiger partial charge is 0.365 e. The molecular weight excluding hydrogens is 401 g/mol. The molecule has 1 aliphatic rings. The second-order valence-electron chi connectivity index (χ2n) is 7.66. The molecular formula is C22H22FN5O3. The summed E-state index contributed by atoms with van der Waals surface area (Å²) in [5.74, 6) is -1.48. The summed E-state index contributed by atoms with van der Waals surface area (Å²) in [5, 5.41) is 7.45. The van der Waals surface area contributed by atoms with Gasteiger partial charge in [0, 0.05) is 5.69 Å². The Labute approximate surface area is 177 Å². The molecule has 1 unspecified atom stereocenters. The van der Waals surface area contributed by atoms with Gasteiger partial charge in [0.25, 0.3) is 17.4 Å². The van der Waals surface area contributed by atoms with Crippen LogP contribution in [0, 0.1) is 19.7 Å². The molecule has 1 aliphatic carbocycles. The molecule has 1 aromatic carbocycles. The van der Waals surface area contributed by atoms with E-state index in [2.05, 4.69) is 15.4 Å². The van der Waals surface area contributed by atoms with Crippen LogP contribution in [0.2, 0.25) is 0 Å². The molecule has 2 heterocycles. The number of benzene rings is 1. The van der Waals surface area contributed by atoms with Gasteiger partial charge in [-0.2, -0.15) is 5.10 Å². The van der Waals surface area contributed by atoms with E-state index in [0.717, 1.165) is 6.42 Å². The van der Waals surface area contributed by atoms with Crippen LogP contribution in [0.1, 0.15) is 62.2 Å². The van der Waals surface area contributed by atoms with Crippen molar-refractivity contribution in [3.8, 4) is 5.69 Å². The first-order chi connectivity index (χ1) is 14.8. The topological polar surface area (TPSA) is 123 Å². The lowest BCUT2D eigenvalue weighted by atomic mass is 9.90.